The number of fused-ring (bicyclic) bond motifs is 5. The molecule has 7 N–H and O–H groups in total. The van der Waals surface area contributed by atoms with E-state index in [1.54, 1.807) is 21.1 Å². The van der Waals surface area contributed by atoms with Crippen LogP contribution in [0.4, 0.5) is 0 Å². The molecule has 7 rings (SSSR count). The number of rotatable bonds is 10. The molecular formula is C41H60O14. The van der Waals surface area contributed by atoms with Gasteiger partial charge >= 0.3 is 0 Å². The van der Waals surface area contributed by atoms with Gasteiger partial charge in [-0.2, -0.15) is 0 Å². The van der Waals surface area contributed by atoms with Crippen molar-refractivity contribution in [3.05, 3.63) is 35.4 Å². The molecule has 1 aromatic carbocycles. The molecule has 9 unspecified atom stereocenters. The summed E-state index contributed by atoms with van der Waals surface area (Å²) in [6, 6.07) is 5.88. The number of ether oxygens (including phenoxy) is 6. The number of hydrogen-bond acceptors (Lipinski definition) is 14. The van der Waals surface area contributed by atoms with Crippen molar-refractivity contribution in [3.8, 4) is 11.5 Å². The number of ketones is 1. The first kappa shape index (κ1) is 41.0. The highest BCUT2D eigenvalue weighted by Crippen LogP contribution is 2.69. The molecule has 2 aliphatic heterocycles. The largest absolute Gasteiger partial charge is 0.497 e. The fraction of sp³-hybridized carbons (Fsp3) is 0.780. The quantitative estimate of drug-likeness (QED) is 0.168. The Hall–Kier alpha value is -2.21. The van der Waals surface area contributed by atoms with Crippen LogP contribution in [0.25, 0.3) is 0 Å². The standard InChI is InChI=1S/C41H60O14/c1-19(44)31-25(24-15-21(50-4)7-9-28(24)51-5)16-27-23-8-6-20-14-22(10-12-40(20,2)26(23)11-13-41(27,31)3)52-38-36(49)34(47)37(30(18-43)54-38)55-39-35(48)33(46)32(45)29(17-42)53-39/h6-7,9,15,22-23,25-27,29-39,42-43,45-49H,8,10-14,16-18H2,1-5H3/t22?,23?,25?,26?,27?,29-,30-,31?,32+,33+,34-,35-,36-,37-,38?,39+,40?,41?/m1/s1. The van der Waals surface area contributed by atoms with Crippen LogP contribution in [0.2, 0.25) is 0 Å². The van der Waals surface area contributed by atoms with Crippen LogP contribution in [0.15, 0.2) is 29.8 Å². The topological polar surface area (TPSA) is 214 Å². The number of hydrogen-bond donors (Lipinski definition) is 7. The Morgan fingerprint density at radius 1 is 0.836 bits per heavy atom. The highest BCUT2D eigenvalue weighted by molar-refractivity contribution is 5.81. The number of benzene rings is 1. The summed E-state index contributed by atoms with van der Waals surface area (Å²) in [6.45, 7) is 5.15. The van der Waals surface area contributed by atoms with Crippen molar-refractivity contribution in [3.63, 3.8) is 0 Å². The monoisotopic (exact) mass is 776 g/mol. The van der Waals surface area contributed by atoms with Crippen molar-refractivity contribution in [2.45, 2.75) is 139 Å². The Morgan fingerprint density at radius 2 is 1.53 bits per heavy atom. The molecule has 14 nitrogen and oxygen atoms in total. The maximum Gasteiger partial charge on any atom is 0.187 e. The van der Waals surface area contributed by atoms with Crippen molar-refractivity contribution in [1.82, 2.24) is 0 Å². The van der Waals surface area contributed by atoms with Crippen LogP contribution < -0.4 is 9.47 Å². The van der Waals surface area contributed by atoms with Gasteiger partial charge in [0.2, 0.25) is 0 Å². The Bertz CT molecular complexity index is 1570. The van der Waals surface area contributed by atoms with Gasteiger partial charge in [-0.25, -0.2) is 0 Å². The zero-order valence-corrected chi connectivity index (χ0v) is 32.4. The molecule has 0 bridgehead atoms. The van der Waals surface area contributed by atoms with E-state index in [9.17, 15) is 40.5 Å². The summed E-state index contributed by atoms with van der Waals surface area (Å²) in [7, 11) is 3.33. The summed E-state index contributed by atoms with van der Waals surface area (Å²) in [5.74, 6) is 2.87. The maximum absolute atomic E-state index is 13.5. The van der Waals surface area contributed by atoms with Gasteiger partial charge in [-0.1, -0.05) is 25.5 Å². The van der Waals surface area contributed by atoms with Crippen molar-refractivity contribution in [2.24, 2.45) is 34.5 Å². The normalized spacial score (nSPS) is 46.9. The third-order valence-electron chi connectivity index (χ3n) is 14.7. The maximum atomic E-state index is 13.5. The first-order chi connectivity index (χ1) is 26.2. The molecule has 3 saturated carbocycles. The number of aliphatic hydroxyl groups excluding tert-OH is 7. The highest BCUT2D eigenvalue weighted by atomic mass is 16.7. The predicted octanol–water partition coefficient (Wildman–Crippen LogP) is 1.57. The second kappa shape index (κ2) is 15.9. The Balaban J connectivity index is 1.04. The molecule has 0 radical (unpaired) electrons. The minimum absolute atomic E-state index is 0.0286. The Labute approximate surface area is 322 Å². The molecule has 308 valence electrons. The van der Waals surface area contributed by atoms with Crippen LogP contribution in [0.1, 0.15) is 77.2 Å². The van der Waals surface area contributed by atoms with E-state index in [4.69, 9.17) is 28.4 Å². The third-order valence-corrected chi connectivity index (χ3v) is 14.7. The zero-order chi connectivity index (χ0) is 39.6. The molecule has 0 aromatic heterocycles. The molecule has 5 fully saturated rings. The van der Waals surface area contributed by atoms with Crippen LogP contribution in [-0.2, 0) is 23.7 Å². The Kier molecular flexibility index (Phi) is 11.8. The van der Waals surface area contributed by atoms with Gasteiger partial charge in [0, 0.05) is 11.5 Å². The van der Waals surface area contributed by atoms with E-state index in [2.05, 4.69) is 19.9 Å². The van der Waals surface area contributed by atoms with E-state index in [-0.39, 0.29) is 34.6 Å². The molecule has 6 aliphatic rings. The van der Waals surface area contributed by atoms with Gasteiger partial charge in [0.25, 0.3) is 0 Å². The van der Waals surface area contributed by atoms with Gasteiger partial charge in [0.15, 0.2) is 12.6 Å². The highest BCUT2D eigenvalue weighted by Gasteiger charge is 2.63. The zero-order valence-electron chi connectivity index (χ0n) is 32.4. The lowest BCUT2D eigenvalue weighted by atomic mass is 9.47. The summed E-state index contributed by atoms with van der Waals surface area (Å²) in [4.78, 5) is 13.5. The van der Waals surface area contributed by atoms with E-state index >= 15 is 0 Å². The molecule has 14 heteroatoms. The van der Waals surface area contributed by atoms with Crippen LogP contribution >= 0.6 is 0 Å². The Morgan fingerprint density at radius 3 is 2.20 bits per heavy atom. The summed E-state index contributed by atoms with van der Waals surface area (Å²) in [5, 5.41) is 72.9. The minimum Gasteiger partial charge on any atom is -0.497 e. The summed E-state index contributed by atoms with van der Waals surface area (Å²) in [6.07, 6.45) is -6.96. The van der Waals surface area contributed by atoms with Gasteiger partial charge in [0.05, 0.1) is 33.5 Å². The first-order valence-electron chi connectivity index (χ1n) is 19.9. The van der Waals surface area contributed by atoms with Gasteiger partial charge in [-0.05, 0) is 105 Å². The van der Waals surface area contributed by atoms with Crippen LogP contribution in [-0.4, -0.2) is 136 Å². The van der Waals surface area contributed by atoms with E-state index in [1.807, 2.05) is 18.2 Å². The molecule has 2 saturated heterocycles. The molecule has 4 aliphatic carbocycles. The van der Waals surface area contributed by atoms with Crippen molar-refractivity contribution in [1.29, 1.82) is 0 Å². The molecule has 2 heterocycles. The third kappa shape index (κ3) is 6.96. The fourth-order valence-corrected chi connectivity index (χ4v) is 11.8. The van der Waals surface area contributed by atoms with E-state index in [1.165, 1.54) is 5.57 Å². The second-order valence-corrected chi connectivity index (χ2v) is 17.3. The number of carbonyl (C=O) groups excluding carboxylic acids is 1. The van der Waals surface area contributed by atoms with Crippen molar-refractivity contribution in [2.75, 3.05) is 27.4 Å². The molecule has 0 spiro atoms. The van der Waals surface area contributed by atoms with Gasteiger partial charge in [0.1, 0.15) is 66.1 Å². The fourth-order valence-electron chi connectivity index (χ4n) is 11.8. The molecular weight excluding hydrogens is 716 g/mol. The molecule has 0 amide bonds. The van der Waals surface area contributed by atoms with E-state index < -0.39 is 74.6 Å². The number of methoxy groups -OCH3 is 2. The van der Waals surface area contributed by atoms with Crippen LogP contribution in [0.5, 0.6) is 11.5 Å². The van der Waals surface area contributed by atoms with Gasteiger partial charge < -0.3 is 64.2 Å². The molecule has 55 heavy (non-hydrogen) atoms. The van der Waals surface area contributed by atoms with Gasteiger partial charge in [-0.15, -0.1) is 0 Å². The summed E-state index contributed by atoms with van der Waals surface area (Å²) >= 11 is 0. The lowest BCUT2D eigenvalue weighted by molar-refractivity contribution is -0.363. The average molecular weight is 777 g/mol. The number of allylic oxidation sites excluding steroid dienone is 1. The van der Waals surface area contributed by atoms with Crippen LogP contribution in [0, 0.1) is 34.5 Å². The lowest BCUT2D eigenvalue weighted by Gasteiger charge is -2.58. The smallest absolute Gasteiger partial charge is 0.187 e. The first-order valence-corrected chi connectivity index (χ1v) is 19.9. The molecule has 18 atom stereocenters. The van der Waals surface area contributed by atoms with E-state index in [0.29, 0.717) is 30.6 Å². The van der Waals surface area contributed by atoms with Crippen molar-refractivity contribution >= 4 is 5.78 Å². The number of aliphatic hydroxyl groups is 7. The van der Waals surface area contributed by atoms with Crippen LogP contribution in [0.3, 0.4) is 0 Å². The van der Waals surface area contributed by atoms with Crippen molar-refractivity contribution < 1.29 is 69.0 Å². The number of carbonyl (C=O) groups is 1. The predicted molar refractivity (Wildman–Crippen MR) is 195 cm³/mol. The number of Topliss-reactive ketones (excluding diaryl/α,β-unsaturated/α-hetero) is 1. The average Bonchev–Trinajstić information content (AvgIpc) is 3.50. The SMILES string of the molecule is COc1ccc(OC)c(C2CC3C4CC=C5CC(OC6O[C@H](CO)[C@@H](O[C@@H]7O[C@H](CO)[C@H](O)[C@H](O)[C@H]7O)[C@H](O)[C@H]6O)CCC5(C)C4CCC3(C)C2C(C)=O)c1. The molecule has 1 aromatic rings. The minimum atomic E-state index is -1.74. The lowest BCUT2D eigenvalue weighted by Crippen LogP contribution is -2.65. The summed E-state index contributed by atoms with van der Waals surface area (Å²) in [5.41, 5.74) is 2.15. The van der Waals surface area contributed by atoms with E-state index in [0.717, 1.165) is 49.2 Å². The summed E-state index contributed by atoms with van der Waals surface area (Å²) < 4.78 is 34.9. The van der Waals surface area contributed by atoms with Gasteiger partial charge in [-0.3, -0.25) is 4.79 Å². The second-order valence-electron chi connectivity index (χ2n) is 17.3.